The largest absolute Gasteiger partial charge is 0.466 e. The molecule has 6 heteroatoms. The molecule has 0 saturated carbocycles. The van der Waals surface area contributed by atoms with Gasteiger partial charge in [0.15, 0.2) is 11.6 Å². The molecule has 1 unspecified atom stereocenters. The van der Waals surface area contributed by atoms with E-state index in [2.05, 4.69) is 20.8 Å². The van der Waals surface area contributed by atoms with Crippen LogP contribution in [0.5, 0.6) is 5.75 Å². The molecule has 0 spiro atoms. The molecule has 1 aromatic rings. The molecule has 0 bridgehead atoms. The molecule has 0 fully saturated rings. The standard InChI is InChI=1S/C21H30ClFO4/c1-15(2)7-4-8-16(3)13-14-26-19(24)11-6-12-20(25)27-21-17(22)9-5-10-18(21)23/h5,9-10,15-16H,4,6-8,11-14H2,1-3H3. The first-order valence-electron chi connectivity index (χ1n) is 9.60. The summed E-state index contributed by atoms with van der Waals surface area (Å²) < 4.78 is 23.7. The Morgan fingerprint density at radius 3 is 2.41 bits per heavy atom. The summed E-state index contributed by atoms with van der Waals surface area (Å²) in [6, 6.07) is 4.03. The summed E-state index contributed by atoms with van der Waals surface area (Å²) in [6.07, 6.45) is 4.80. The van der Waals surface area contributed by atoms with Crippen LogP contribution in [0.2, 0.25) is 5.02 Å². The molecule has 1 aromatic carbocycles. The van der Waals surface area contributed by atoms with Crippen molar-refractivity contribution in [1.29, 1.82) is 0 Å². The second kappa shape index (κ2) is 12.7. The van der Waals surface area contributed by atoms with Crippen LogP contribution in [0.25, 0.3) is 0 Å². The van der Waals surface area contributed by atoms with Crippen LogP contribution >= 0.6 is 11.6 Å². The minimum atomic E-state index is -0.697. The molecular weight excluding hydrogens is 371 g/mol. The van der Waals surface area contributed by atoms with Gasteiger partial charge in [-0.1, -0.05) is 57.7 Å². The predicted octanol–water partition coefficient (Wildman–Crippen LogP) is 5.95. The number of rotatable bonds is 12. The molecule has 0 N–H and O–H groups in total. The SMILES string of the molecule is CC(C)CCCC(C)CCOC(=O)CCCC(=O)Oc1c(F)cccc1Cl. The van der Waals surface area contributed by atoms with Crippen LogP contribution in [0.4, 0.5) is 4.39 Å². The third-order valence-electron chi connectivity index (χ3n) is 4.25. The van der Waals surface area contributed by atoms with Gasteiger partial charge in [-0.3, -0.25) is 9.59 Å². The smallest absolute Gasteiger partial charge is 0.311 e. The van der Waals surface area contributed by atoms with Crippen LogP contribution in [-0.4, -0.2) is 18.5 Å². The molecule has 0 radical (unpaired) electrons. The van der Waals surface area contributed by atoms with E-state index in [-0.39, 0.29) is 36.0 Å². The normalized spacial score (nSPS) is 12.1. The summed E-state index contributed by atoms with van der Waals surface area (Å²) in [6.45, 7) is 7.00. The van der Waals surface area contributed by atoms with Crippen molar-refractivity contribution in [3.05, 3.63) is 29.0 Å². The van der Waals surface area contributed by atoms with E-state index in [1.54, 1.807) is 0 Å². The lowest BCUT2D eigenvalue weighted by Gasteiger charge is -2.12. The number of para-hydroxylation sites is 1. The Hall–Kier alpha value is -1.62. The molecule has 27 heavy (non-hydrogen) atoms. The van der Waals surface area contributed by atoms with Crippen molar-refractivity contribution in [2.45, 2.75) is 65.7 Å². The van der Waals surface area contributed by atoms with Gasteiger partial charge in [0.1, 0.15) is 0 Å². The van der Waals surface area contributed by atoms with Crippen molar-refractivity contribution in [3.8, 4) is 5.75 Å². The van der Waals surface area contributed by atoms with E-state index < -0.39 is 11.8 Å². The fourth-order valence-corrected chi connectivity index (χ4v) is 2.79. The Morgan fingerprint density at radius 2 is 1.74 bits per heavy atom. The van der Waals surface area contributed by atoms with Crippen molar-refractivity contribution >= 4 is 23.5 Å². The Balaban J connectivity index is 2.15. The lowest BCUT2D eigenvalue weighted by molar-refractivity contribution is -0.144. The first-order valence-corrected chi connectivity index (χ1v) is 9.97. The Labute approximate surface area is 166 Å². The predicted molar refractivity (Wildman–Crippen MR) is 104 cm³/mol. The highest BCUT2D eigenvalue weighted by Gasteiger charge is 2.14. The van der Waals surface area contributed by atoms with E-state index >= 15 is 0 Å². The summed E-state index contributed by atoms with van der Waals surface area (Å²) in [5.74, 6) is -0.696. The highest BCUT2D eigenvalue weighted by Crippen LogP contribution is 2.27. The van der Waals surface area contributed by atoms with E-state index in [0.29, 0.717) is 12.5 Å². The molecule has 0 aliphatic heterocycles. The number of benzene rings is 1. The number of hydrogen-bond acceptors (Lipinski definition) is 4. The molecule has 1 atom stereocenters. The van der Waals surface area contributed by atoms with Gasteiger partial charge in [-0.05, 0) is 36.8 Å². The number of halogens is 2. The van der Waals surface area contributed by atoms with E-state index in [1.807, 2.05) is 0 Å². The highest BCUT2D eigenvalue weighted by molar-refractivity contribution is 6.32. The minimum Gasteiger partial charge on any atom is -0.466 e. The van der Waals surface area contributed by atoms with E-state index in [4.69, 9.17) is 21.1 Å². The van der Waals surface area contributed by atoms with Gasteiger partial charge in [0.2, 0.25) is 0 Å². The van der Waals surface area contributed by atoms with E-state index in [0.717, 1.165) is 24.8 Å². The molecule has 1 rings (SSSR count). The molecular formula is C21H30ClFO4. The van der Waals surface area contributed by atoms with Gasteiger partial charge in [0.05, 0.1) is 11.6 Å². The number of carbonyl (C=O) groups excluding carboxylic acids is 2. The van der Waals surface area contributed by atoms with Crippen LogP contribution in [0.1, 0.15) is 65.7 Å². The highest BCUT2D eigenvalue weighted by atomic mass is 35.5. The van der Waals surface area contributed by atoms with Gasteiger partial charge in [-0.2, -0.15) is 0 Å². The van der Waals surface area contributed by atoms with Gasteiger partial charge in [-0.25, -0.2) is 4.39 Å². The second-order valence-corrected chi connectivity index (χ2v) is 7.72. The van der Waals surface area contributed by atoms with Crippen molar-refractivity contribution in [2.75, 3.05) is 6.61 Å². The van der Waals surface area contributed by atoms with E-state index in [9.17, 15) is 14.0 Å². The number of carbonyl (C=O) groups is 2. The van der Waals surface area contributed by atoms with Crippen LogP contribution in [0, 0.1) is 17.7 Å². The van der Waals surface area contributed by atoms with Gasteiger partial charge in [-0.15, -0.1) is 0 Å². The number of ether oxygens (including phenoxy) is 2. The summed E-state index contributed by atoms with van der Waals surface area (Å²) in [5.41, 5.74) is 0. The molecule has 0 aliphatic rings. The van der Waals surface area contributed by atoms with Crippen molar-refractivity contribution in [2.24, 2.45) is 11.8 Å². The maximum atomic E-state index is 13.5. The van der Waals surface area contributed by atoms with Crippen LogP contribution in [0.3, 0.4) is 0 Å². The van der Waals surface area contributed by atoms with E-state index in [1.165, 1.54) is 25.0 Å². The number of hydrogen-bond donors (Lipinski definition) is 0. The zero-order valence-corrected chi connectivity index (χ0v) is 17.2. The van der Waals surface area contributed by atoms with Gasteiger partial charge in [0, 0.05) is 12.8 Å². The molecule has 0 aromatic heterocycles. The average molecular weight is 401 g/mol. The van der Waals surface area contributed by atoms with Gasteiger partial charge < -0.3 is 9.47 Å². The van der Waals surface area contributed by atoms with Crippen molar-refractivity contribution in [3.63, 3.8) is 0 Å². The Morgan fingerprint density at radius 1 is 1.04 bits per heavy atom. The summed E-state index contributed by atoms with van der Waals surface area (Å²) in [5, 5.41) is 0.0327. The molecule has 4 nitrogen and oxygen atoms in total. The molecule has 152 valence electrons. The van der Waals surface area contributed by atoms with Gasteiger partial charge >= 0.3 is 11.9 Å². The maximum Gasteiger partial charge on any atom is 0.311 e. The Kier molecular flexibility index (Phi) is 11.0. The van der Waals surface area contributed by atoms with Crippen molar-refractivity contribution in [1.82, 2.24) is 0 Å². The third kappa shape index (κ3) is 10.3. The molecule has 0 amide bonds. The van der Waals surface area contributed by atoms with Crippen LogP contribution in [-0.2, 0) is 14.3 Å². The fraction of sp³-hybridized carbons (Fsp3) is 0.619. The Bertz CT molecular complexity index is 584. The quantitative estimate of drug-likeness (QED) is 0.321. The summed E-state index contributed by atoms with van der Waals surface area (Å²) in [7, 11) is 0. The zero-order valence-electron chi connectivity index (χ0n) is 16.4. The van der Waals surface area contributed by atoms with Crippen LogP contribution in [0.15, 0.2) is 18.2 Å². The summed E-state index contributed by atoms with van der Waals surface area (Å²) in [4.78, 5) is 23.5. The topological polar surface area (TPSA) is 52.6 Å². The first kappa shape index (κ1) is 23.4. The lowest BCUT2D eigenvalue weighted by Crippen LogP contribution is -2.12. The van der Waals surface area contributed by atoms with Crippen LogP contribution < -0.4 is 4.74 Å². The molecule has 0 heterocycles. The second-order valence-electron chi connectivity index (χ2n) is 7.32. The first-order chi connectivity index (χ1) is 12.8. The molecule has 0 aliphatic carbocycles. The minimum absolute atomic E-state index is 0.00856. The molecule has 0 saturated heterocycles. The average Bonchev–Trinajstić information content (AvgIpc) is 2.58. The maximum absolute atomic E-state index is 13.5. The fourth-order valence-electron chi connectivity index (χ4n) is 2.59. The lowest BCUT2D eigenvalue weighted by atomic mass is 9.98. The monoisotopic (exact) mass is 400 g/mol. The van der Waals surface area contributed by atoms with Crippen molar-refractivity contribution < 1.29 is 23.5 Å². The third-order valence-corrected chi connectivity index (χ3v) is 4.55. The number of esters is 2. The van der Waals surface area contributed by atoms with Gasteiger partial charge in [0.25, 0.3) is 0 Å². The zero-order chi connectivity index (χ0) is 20.2. The summed E-state index contributed by atoms with van der Waals surface area (Å²) >= 11 is 5.80.